The molecule has 0 bridgehead atoms. The minimum Gasteiger partial charge on any atom is -0.416 e. The second-order valence-corrected chi connectivity index (χ2v) is 7.12. The minimum absolute atomic E-state index is 0.0988. The van der Waals surface area contributed by atoms with Crippen molar-refractivity contribution in [2.75, 3.05) is 18.8 Å². The lowest BCUT2D eigenvalue weighted by Crippen LogP contribution is -2.40. The summed E-state index contributed by atoms with van der Waals surface area (Å²) in [4.78, 5) is 22.5. The Kier molecular flexibility index (Phi) is 4.44. The van der Waals surface area contributed by atoms with Gasteiger partial charge >= 0.3 is 0 Å². The molecule has 1 aromatic carbocycles. The fourth-order valence-electron chi connectivity index (χ4n) is 3.14. The number of para-hydroxylation sites is 2. The van der Waals surface area contributed by atoms with Crippen LogP contribution >= 0.6 is 11.8 Å². The van der Waals surface area contributed by atoms with Crippen LogP contribution in [0, 0.1) is 6.92 Å². The molecule has 1 saturated heterocycles. The van der Waals surface area contributed by atoms with E-state index in [9.17, 15) is 4.79 Å². The number of aromatic nitrogens is 4. The molecule has 130 valence electrons. The Hall–Kier alpha value is -2.35. The number of likely N-dealkylation sites (tertiary alicyclic amines) is 1. The molecule has 1 atom stereocenters. The van der Waals surface area contributed by atoms with Gasteiger partial charge in [0, 0.05) is 25.9 Å². The van der Waals surface area contributed by atoms with Crippen molar-refractivity contribution in [2.45, 2.75) is 30.9 Å². The van der Waals surface area contributed by atoms with Crippen molar-refractivity contribution < 1.29 is 9.21 Å². The summed E-state index contributed by atoms with van der Waals surface area (Å²) in [5, 5.41) is 8.13. The lowest BCUT2D eigenvalue weighted by atomic mass is 9.97. The van der Waals surface area contributed by atoms with Gasteiger partial charge in [0.2, 0.25) is 11.8 Å². The van der Waals surface area contributed by atoms with E-state index in [1.807, 2.05) is 29.2 Å². The molecule has 0 saturated carbocycles. The van der Waals surface area contributed by atoms with Crippen LogP contribution in [-0.2, 0) is 4.79 Å². The number of hydrogen-bond acceptors (Lipinski definition) is 6. The monoisotopic (exact) mass is 357 g/mol. The maximum atomic E-state index is 12.5. The highest BCUT2D eigenvalue weighted by Gasteiger charge is 2.27. The Morgan fingerprint density at radius 2 is 2.28 bits per heavy atom. The summed E-state index contributed by atoms with van der Waals surface area (Å²) >= 11 is 1.29. The number of thioether (sulfide) groups is 1. The first-order valence-electron chi connectivity index (χ1n) is 8.34. The van der Waals surface area contributed by atoms with Gasteiger partial charge in [-0.25, -0.2) is 4.98 Å². The van der Waals surface area contributed by atoms with Gasteiger partial charge in [-0.3, -0.25) is 4.79 Å². The van der Waals surface area contributed by atoms with Crippen LogP contribution in [0.2, 0.25) is 0 Å². The third kappa shape index (κ3) is 3.53. The minimum atomic E-state index is 0.0988. The van der Waals surface area contributed by atoms with E-state index < -0.39 is 0 Å². The van der Waals surface area contributed by atoms with E-state index in [-0.39, 0.29) is 11.8 Å². The third-order valence-electron chi connectivity index (χ3n) is 4.40. The highest BCUT2D eigenvalue weighted by atomic mass is 32.2. The molecule has 0 radical (unpaired) electrons. The van der Waals surface area contributed by atoms with Crippen LogP contribution < -0.4 is 0 Å². The molecule has 0 spiro atoms. The fourth-order valence-corrected chi connectivity index (χ4v) is 3.85. The number of carbonyl (C=O) groups is 1. The van der Waals surface area contributed by atoms with Crippen molar-refractivity contribution in [2.24, 2.45) is 0 Å². The number of fused-ring (bicyclic) bond motifs is 1. The van der Waals surface area contributed by atoms with E-state index in [0.29, 0.717) is 23.4 Å². The van der Waals surface area contributed by atoms with E-state index in [1.54, 1.807) is 6.92 Å². The van der Waals surface area contributed by atoms with Gasteiger partial charge in [-0.15, -0.1) is 10.2 Å². The second-order valence-electron chi connectivity index (χ2n) is 6.19. The maximum absolute atomic E-state index is 12.5. The Balaban J connectivity index is 1.40. The predicted octanol–water partition coefficient (Wildman–Crippen LogP) is 2.75. The number of hydrogen-bond donors (Lipinski definition) is 1. The fraction of sp³-hybridized carbons (Fsp3) is 0.412. The average Bonchev–Trinajstić information content (AvgIpc) is 3.25. The molecule has 1 fully saturated rings. The molecule has 1 aliphatic rings. The zero-order valence-electron chi connectivity index (χ0n) is 13.9. The summed E-state index contributed by atoms with van der Waals surface area (Å²) in [5.74, 6) is 2.15. The summed E-state index contributed by atoms with van der Waals surface area (Å²) in [6.45, 7) is 3.22. The Morgan fingerprint density at radius 3 is 3.08 bits per heavy atom. The summed E-state index contributed by atoms with van der Waals surface area (Å²) in [6.07, 6.45) is 2.03. The second kappa shape index (κ2) is 6.87. The van der Waals surface area contributed by atoms with Crippen molar-refractivity contribution >= 4 is 28.7 Å². The van der Waals surface area contributed by atoms with Crippen LogP contribution in [-0.4, -0.2) is 49.8 Å². The molecule has 1 N–H and O–H groups in total. The van der Waals surface area contributed by atoms with Crippen molar-refractivity contribution in [3.05, 3.63) is 36.0 Å². The first kappa shape index (κ1) is 16.1. The smallest absolute Gasteiger partial charge is 0.277 e. The van der Waals surface area contributed by atoms with Crippen LogP contribution in [0.25, 0.3) is 11.0 Å². The molecule has 1 aliphatic heterocycles. The molecule has 0 unspecified atom stereocenters. The Labute approximate surface area is 149 Å². The van der Waals surface area contributed by atoms with Crippen LogP contribution in [0.3, 0.4) is 0 Å². The highest BCUT2D eigenvalue weighted by molar-refractivity contribution is 7.99. The van der Waals surface area contributed by atoms with Gasteiger partial charge in [-0.1, -0.05) is 23.9 Å². The van der Waals surface area contributed by atoms with Gasteiger partial charge in [0.25, 0.3) is 5.22 Å². The molecule has 3 aromatic rings. The molecule has 8 heteroatoms. The van der Waals surface area contributed by atoms with E-state index in [0.717, 1.165) is 36.2 Å². The van der Waals surface area contributed by atoms with Gasteiger partial charge in [0.1, 0.15) is 5.82 Å². The quantitative estimate of drug-likeness (QED) is 0.722. The van der Waals surface area contributed by atoms with Gasteiger partial charge < -0.3 is 14.3 Å². The molecule has 25 heavy (non-hydrogen) atoms. The molecular formula is C17H19N5O2S. The first-order chi connectivity index (χ1) is 12.2. The van der Waals surface area contributed by atoms with Gasteiger partial charge in [0.15, 0.2) is 0 Å². The number of piperidine rings is 1. The number of amides is 1. The van der Waals surface area contributed by atoms with Crippen molar-refractivity contribution in [3.8, 4) is 0 Å². The van der Waals surface area contributed by atoms with E-state index in [4.69, 9.17) is 9.40 Å². The third-order valence-corrected chi connectivity index (χ3v) is 5.20. The molecule has 0 aliphatic carbocycles. The number of H-pyrrole nitrogens is 1. The summed E-state index contributed by atoms with van der Waals surface area (Å²) in [6, 6.07) is 8.02. The normalized spacial score (nSPS) is 18.0. The van der Waals surface area contributed by atoms with Gasteiger partial charge in [-0.2, -0.15) is 0 Å². The van der Waals surface area contributed by atoms with E-state index in [2.05, 4.69) is 15.2 Å². The van der Waals surface area contributed by atoms with Crippen LogP contribution in [0.5, 0.6) is 0 Å². The average molecular weight is 357 g/mol. The van der Waals surface area contributed by atoms with Crippen LogP contribution in [0.15, 0.2) is 33.9 Å². The molecule has 2 aromatic heterocycles. The SMILES string of the molecule is Cc1nnc(SCC(=O)N2CCC[C@H](c3nc4ccccc4[nH]3)C2)o1. The van der Waals surface area contributed by atoms with Crippen LogP contribution in [0.1, 0.15) is 30.5 Å². The zero-order chi connectivity index (χ0) is 17.2. The van der Waals surface area contributed by atoms with Crippen molar-refractivity contribution in [1.29, 1.82) is 0 Å². The summed E-state index contributed by atoms with van der Waals surface area (Å²) in [7, 11) is 0. The number of nitrogens with zero attached hydrogens (tertiary/aromatic N) is 4. The van der Waals surface area contributed by atoms with Gasteiger partial charge in [-0.05, 0) is 25.0 Å². The van der Waals surface area contributed by atoms with Crippen LogP contribution in [0.4, 0.5) is 0 Å². The largest absolute Gasteiger partial charge is 0.416 e. The topological polar surface area (TPSA) is 87.9 Å². The Morgan fingerprint density at radius 1 is 1.40 bits per heavy atom. The first-order valence-corrected chi connectivity index (χ1v) is 9.33. The molecular weight excluding hydrogens is 338 g/mol. The summed E-state index contributed by atoms with van der Waals surface area (Å²) < 4.78 is 5.30. The molecule has 7 nitrogen and oxygen atoms in total. The highest BCUT2D eigenvalue weighted by Crippen LogP contribution is 2.27. The number of nitrogens with one attached hydrogen (secondary N) is 1. The number of imidazole rings is 1. The van der Waals surface area contributed by atoms with E-state index >= 15 is 0 Å². The number of rotatable bonds is 4. The standard InChI is InChI=1S/C17H19N5O2S/c1-11-20-21-17(24-11)25-10-15(23)22-8-4-5-12(9-22)16-18-13-6-2-3-7-14(13)19-16/h2-3,6-7,12H,4-5,8-10H2,1H3,(H,18,19)/t12-/m0/s1. The number of aromatic amines is 1. The van der Waals surface area contributed by atoms with Crippen molar-refractivity contribution in [1.82, 2.24) is 25.1 Å². The van der Waals surface area contributed by atoms with Crippen molar-refractivity contribution in [3.63, 3.8) is 0 Å². The van der Waals surface area contributed by atoms with E-state index in [1.165, 1.54) is 11.8 Å². The summed E-state index contributed by atoms with van der Waals surface area (Å²) in [5.41, 5.74) is 2.02. The molecule has 3 heterocycles. The zero-order valence-corrected chi connectivity index (χ0v) is 14.8. The predicted molar refractivity (Wildman–Crippen MR) is 94.4 cm³/mol. The lowest BCUT2D eigenvalue weighted by Gasteiger charge is -2.31. The Bertz CT molecular complexity index is 857. The number of aryl methyl sites for hydroxylation is 1. The lowest BCUT2D eigenvalue weighted by molar-refractivity contribution is -0.129. The van der Waals surface area contributed by atoms with Gasteiger partial charge in [0.05, 0.1) is 16.8 Å². The number of benzene rings is 1. The molecule has 4 rings (SSSR count). The number of carbonyl (C=O) groups excluding carboxylic acids is 1. The maximum Gasteiger partial charge on any atom is 0.277 e. The molecule has 1 amide bonds.